The Morgan fingerprint density at radius 2 is 1.58 bits per heavy atom. The topological polar surface area (TPSA) is 12.9 Å². The first-order chi connectivity index (χ1) is 9.43. The Balaban J connectivity index is 2.17. The normalized spacial score (nSPS) is 11.2. The molecule has 0 unspecified atom stereocenters. The first kappa shape index (κ1) is 11.0. The van der Waals surface area contributed by atoms with Gasteiger partial charge in [-0.25, -0.2) is 0 Å². The summed E-state index contributed by atoms with van der Waals surface area (Å²) < 4.78 is 2.95. The standard InChI is InChI=1S/C17H11NSe/c1-2-9-15-13(6-1)17-12(7-5-10-16(17)19-15)14-8-3-4-11-18-14/h1-11H. The van der Waals surface area contributed by atoms with Crippen molar-refractivity contribution in [2.24, 2.45) is 0 Å². The molecule has 4 rings (SSSR count). The zero-order valence-corrected chi connectivity index (χ0v) is 11.9. The third-order valence-electron chi connectivity index (χ3n) is 3.34. The van der Waals surface area contributed by atoms with E-state index in [0.717, 1.165) is 5.69 Å². The van der Waals surface area contributed by atoms with Crippen molar-refractivity contribution in [2.75, 3.05) is 0 Å². The van der Waals surface area contributed by atoms with Gasteiger partial charge in [0.25, 0.3) is 0 Å². The van der Waals surface area contributed by atoms with Gasteiger partial charge in [0.1, 0.15) is 0 Å². The van der Waals surface area contributed by atoms with Crippen LogP contribution in [-0.4, -0.2) is 19.5 Å². The molecule has 1 nitrogen and oxygen atoms in total. The molecule has 90 valence electrons. The molecule has 0 saturated heterocycles. The van der Waals surface area contributed by atoms with E-state index in [4.69, 9.17) is 0 Å². The molecule has 2 heterocycles. The number of nitrogens with zero attached hydrogens (tertiary/aromatic N) is 1. The predicted molar refractivity (Wildman–Crippen MR) is 81.6 cm³/mol. The Morgan fingerprint density at radius 1 is 0.737 bits per heavy atom. The van der Waals surface area contributed by atoms with E-state index < -0.39 is 0 Å². The van der Waals surface area contributed by atoms with Gasteiger partial charge in [0.15, 0.2) is 0 Å². The van der Waals surface area contributed by atoms with E-state index in [0.29, 0.717) is 14.5 Å². The molecule has 4 aromatic rings. The molecule has 0 N–H and O–H groups in total. The van der Waals surface area contributed by atoms with Crippen molar-refractivity contribution in [1.29, 1.82) is 0 Å². The molecule has 0 atom stereocenters. The summed E-state index contributed by atoms with van der Waals surface area (Å²) in [4.78, 5) is 4.51. The molecule has 19 heavy (non-hydrogen) atoms. The summed E-state index contributed by atoms with van der Waals surface area (Å²) in [5, 5.41) is 2.77. The average Bonchev–Trinajstić information content (AvgIpc) is 2.86. The molecule has 0 aliphatic rings. The molecule has 0 radical (unpaired) electrons. The third kappa shape index (κ3) is 1.73. The summed E-state index contributed by atoms with van der Waals surface area (Å²) in [7, 11) is 0. The van der Waals surface area contributed by atoms with Crippen LogP contribution in [0.3, 0.4) is 0 Å². The number of benzene rings is 2. The van der Waals surface area contributed by atoms with Crippen molar-refractivity contribution in [3.63, 3.8) is 0 Å². The van der Waals surface area contributed by atoms with E-state index in [1.54, 1.807) is 0 Å². The van der Waals surface area contributed by atoms with Crippen molar-refractivity contribution >= 4 is 33.8 Å². The van der Waals surface area contributed by atoms with Gasteiger partial charge in [-0.1, -0.05) is 0 Å². The molecule has 0 bridgehead atoms. The summed E-state index contributed by atoms with van der Waals surface area (Å²) >= 11 is 0.427. The Morgan fingerprint density at radius 3 is 2.47 bits per heavy atom. The molecule has 2 aromatic heterocycles. The van der Waals surface area contributed by atoms with E-state index in [1.165, 1.54) is 24.9 Å². The van der Waals surface area contributed by atoms with Gasteiger partial charge in [0.2, 0.25) is 0 Å². The van der Waals surface area contributed by atoms with Gasteiger partial charge in [-0.05, 0) is 0 Å². The number of hydrogen-bond donors (Lipinski definition) is 0. The Labute approximate surface area is 117 Å². The van der Waals surface area contributed by atoms with Gasteiger partial charge in [-0.2, -0.15) is 0 Å². The quantitative estimate of drug-likeness (QED) is 0.482. The Kier molecular flexibility index (Phi) is 2.51. The predicted octanol–water partition coefficient (Wildman–Crippen LogP) is 4.11. The molecule has 0 fully saturated rings. The van der Waals surface area contributed by atoms with Crippen molar-refractivity contribution < 1.29 is 0 Å². The maximum absolute atomic E-state index is 4.51. The van der Waals surface area contributed by atoms with Gasteiger partial charge >= 0.3 is 117 Å². The van der Waals surface area contributed by atoms with Crippen LogP contribution in [0.15, 0.2) is 66.9 Å². The third-order valence-corrected chi connectivity index (χ3v) is 5.73. The van der Waals surface area contributed by atoms with Gasteiger partial charge in [-0.3, -0.25) is 0 Å². The van der Waals surface area contributed by atoms with Gasteiger partial charge in [0, 0.05) is 0 Å². The van der Waals surface area contributed by atoms with E-state index in [-0.39, 0.29) is 0 Å². The van der Waals surface area contributed by atoms with Crippen LogP contribution in [0.25, 0.3) is 30.6 Å². The fourth-order valence-corrected chi connectivity index (χ4v) is 4.89. The minimum atomic E-state index is 0.427. The van der Waals surface area contributed by atoms with Crippen LogP contribution in [0.5, 0.6) is 0 Å². The van der Waals surface area contributed by atoms with E-state index in [9.17, 15) is 0 Å². The minimum absolute atomic E-state index is 0.427. The number of rotatable bonds is 1. The summed E-state index contributed by atoms with van der Waals surface area (Å²) in [6.45, 7) is 0. The van der Waals surface area contributed by atoms with Gasteiger partial charge < -0.3 is 0 Å². The number of pyridine rings is 1. The zero-order chi connectivity index (χ0) is 12.7. The average molecular weight is 308 g/mol. The van der Waals surface area contributed by atoms with Crippen LogP contribution in [0, 0.1) is 0 Å². The molecule has 2 aromatic carbocycles. The molecule has 0 aliphatic carbocycles. The number of fused-ring (bicyclic) bond motifs is 3. The van der Waals surface area contributed by atoms with Crippen LogP contribution < -0.4 is 0 Å². The molecular formula is C17H11NSe. The van der Waals surface area contributed by atoms with Crippen molar-refractivity contribution in [1.82, 2.24) is 4.98 Å². The molecule has 0 spiro atoms. The Hall–Kier alpha value is -1.89. The SMILES string of the molecule is c1ccc(-c2cccc3[se]c4ccccc4c23)nc1. The van der Waals surface area contributed by atoms with Crippen LogP contribution in [-0.2, 0) is 0 Å². The Bertz CT molecular complexity index is 862. The molecule has 0 saturated carbocycles. The summed E-state index contributed by atoms with van der Waals surface area (Å²) in [6, 6.07) is 21.4. The first-order valence-electron chi connectivity index (χ1n) is 6.25. The monoisotopic (exact) mass is 309 g/mol. The molecular weight excluding hydrogens is 297 g/mol. The second kappa shape index (κ2) is 4.34. The second-order valence-corrected chi connectivity index (χ2v) is 6.77. The molecule has 2 heteroatoms. The summed E-state index contributed by atoms with van der Waals surface area (Å²) in [5.41, 5.74) is 2.32. The van der Waals surface area contributed by atoms with Crippen LogP contribution in [0.4, 0.5) is 0 Å². The fourth-order valence-electron chi connectivity index (χ4n) is 2.51. The number of hydrogen-bond acceptors (Lipinski definition) is 1. The van der Waals surface area contributed by atoms with E-state index in [2.05, 4.69) is 53.5 Å². The number of aromatic nitrogens is 1. The van der Waals surface area contributed by atoms with Crippen molar-refractivity contribution in [3.8, 4) is 11.3 Å². The fraction of sp³-hybridized carbons (Fsp3) is 0. The van der Waals surface area contributed by atoms with Crippen molar-refractivity contribution in [2.45, 2.75) is 0 Å². The van der Waals surface area contributed by atoms with Crippen molar-refractivity contribution in [3.05, 3.63) is 66.9 Å². The van der Waals surface area contributed by atoms with E-state index in [1.807, 2.05) is 18.3 Å². The van der Waals surface area contributed by atoms with Gasteiger partial charge in [-0.15, -0.1) is 0 Å². The second-order valence-electron chi connectivity index (χ2n) is 4.49. The van der Waals surface area contributed by atoms with Crippen LogP contribution >= 0.6 is 0 Å². The molecule has 0 amide bonds. The van der Waals surface area contributed by atoms with E-state index >= 15 is 0 Å². The van der Waals surface area contributed by atoms with Crippen LogP contribution in [0.1, 0.15) is 0 Å². The summed E-state index contributed by atoms with van der Waals surface area (Å²) in [5.74, 6) is 0. The van der Waals surface area contributed by atoms with Gasteiger partial charge in [0.05, 0.1) is 0 Å². The summed E-state index contributed by atoms with van der Waals surface area (Å²) in [6.07, 6.45) is 1.86. The van der Waals surface area contributed by atoms with Crippen LogP contribution in [0.2, 0.25) is 0 Å². The molecule has 0 aliphatic heterocycles. The maximum atomic E-state index is 4.51. The first-order valence-corrected chi connectivity index (χ1v) is 7.96. The zero-order valence-electron chi connectivity index (χ0n) is 10.2.